The maximum atomic E-state index is 5.59. The second-order valence-electron chi connectivity index (χ2n) is 4.62. The molecule has 2 N–H and O–H groups in total. The van der Waals surface area contributed by atoms with Crippen LogP contribution in [0.25, 0.3) is 0 Å². The fourth-order valence-electron chi connectivity index (χ4n) is 2.36. The zero-order chi connectivity index (χ0) is 11.2. The summed E-state index contributed by atoms with van der Waals surface area (Å²) in [5.74, 6) is 3.62. The van der Waals surface area contributed by atoms with Gasteiger partial charge in [-0.15, -0.1) is 0 Å². The van der Waals surface area contributed by atoms with Gasteiger partial charge in [0.15, 0.2) is 0 Å². The summed E-state index contributed by atoms with van der Waals surface area (Å²) in [6.07, 6.45) is 5.06. The molecule has 1 heterocycles. The molecule has 1 aromatic carbocycles. The van der Waals surface area contributed by atoms with Crippen LogP contribution < -0.4 is 5.73 Å². The second-order valence-corrected chi connectivity index (χ2v) is 5.84. The molecule has 1 aliphatic heterocycles. The summed E-state index contributed by atoms with van der Waals surface area (Å²) in [6, 6.07) is 8.97. The van der Waals surface area contributed by atoms with E-state index in [2.05, 4.69) is 36.0 Å². The molecule has 0 spiro atoms. The molecule has 0 radical (unpaired) electrons. The van der Waals surface area contributed by atoms with Crippen molar-refractivity contribution in [3.05, 3.63) is 35.4 Å². The van der Waals surface area contributed by atoms with Crippen LogP contribution in [0.15, 0.2) is 24.3 Å². The minimum Gasteiger partial charge on any atom is -0.330 e. The van der Waals surface area contributed by atoms with Gasteiger partial charge < -0.3 is 5.73 Å². The Morgan fingerprint density at radius 2 is 1.94 bits per heavy atom. The van der Waals surface area contributed by atoms with Crippen molar-refractivity contribution in [1.29, 1.82) is 0 Å². The van der Waals surface area contributed by atoms with Crippen molar-refractivity contribution in [3.8, 4) is 0 Å². The van der Waals surface area contributed by atoms with E-state index in [1.807, 2.05) is 0 Å². The van der Waals surface area contributed by atoms with Gasteiger partial charge in [-0.3, -0.25) is 0 Å². The Morgan fingerprint density at radius 1 is 1.19 bits per heavy atom. The van der Waals surface area contributed by atoms with Crippen LogP contribution in [0, 0.1) is 5.92 Å². The number of benzene rings is 1. The summed E-state index contributed by atoms with van der Waals surface area (Å²) < 4.78 is 0. The molecule has 0 aliphatic carbocycles. The fourth-order valence-corrected chi connectivity index (χ4v) is 3.57. The first-order valence-electron chi connectivity index (χ1n) is 6.24. The molecule has 2 rings (SSSR count). The number of thioether (sulfide) groups is 1. The Hall–Kier alpha value is -0.470. The van der Waals surface area contributed by atoms with Crippen LogP contribution in [0.3, 0.4) is 0 Å². The van der Waals surface area contributed by atoms with E-state index < -0.39 is 0 Å². The van der Waals surface area contributed by atoms with Gasteiger partial charge in [0.1, 0.15) is 0 Å². The lowest BCUT2D eigenvalue weighted by atomic mass is 9.93. The first-order valence-corrected chi connectivity index (χ1v) is 7.39. The lowest BCUT2D eigenvalue weighted by molar-refractivity contribution is 0.488. The van der Waals surface area contributed by atoms with Crippen LogP contribution in [-0.4, -0.2) is 18.1 Å². The lowest BCUT2D eigenvalue weighted by Crippen LogP contribution is -2.12. The molecule has 0 atom stereocenters. The van der Waals surface area contributed by atoms with Gasteiger partial charge in [-0.1, -0.05) is 24.3 Å². The maximum absolute atomic E-state index is 5.59. The SMILES string of the molecule is NCCc1cccc(CC2CCSCC2)c1. The van der Waals surface area contributed by atoms with Gasteiger partial charge in [0, 0.05) is 0 Å². The molecule has 1 fully saturated rings. The second kappa shape index (κ2) is 6.31. The average Bonchev–Trinajstić information content (AvgIpc) is 2.31. The predicted octanol–water partition coefficient (Wildman–Crippen LogP) is 2.87. The number of hydrogen-bond acceptors (Lipinski definition) is 2. The lowest BCUT2D eigenvalue weighted by Gasteiger charge is -2.21. The van der Waals surface area contributed by atoms with E-state index in [-0.39, 0.29) is 0 Å². The van der Waals surface area contributed by atoms with Crippen molar-refractivity contribution < 1.29 is 0 Å². The number of nitrogens with two attached hydrogens (primary N) is 1. The number of rotatable bonds is 4. The summed E-state index contributed by atoms with van der Waals surface area (Å²) in [4.78, 5) is 0. The molecule has 1 aliphatic rings. The van der Waals surface area contributed by atoms with Crippen molar-refractivity contribution in [3.63, 3.8) is 0 Å². The van der Waals surface area contributed by atoms with Gasteiger partial charge in [0.25, 0.3) is 0 Å². The van der Waals surface area contributed by atoms with Gasteiger partial charge in [0.05, 0.1) is 0 Å². The van der Waals surface area contributed by atoms with E-state index in [1.165, 1.54) is 41.9 Å². The molecule has 0 saturated carbocycles. The summed E-state index contributed by atoms with van der Waals surface area (Å²) in [6.45, 7) is 0.753. The Kier molecular flexibility index (Phi) is 4.73. The number of hydrogen-bond donors (Lipinski definition) is 1. The van der Waals surface area contributed by atoms with Crippen molar-refractivity contribution >= 4 is 11.8 Å². The van der Waals surface area contributed by atoms with Crippen LogP contribution in [-0.2, 0) is 12.8 Å². The van der Waals surface area contributed by atoms with Crippen LogP contribution >= 0.6 is 11.8 Å². The summed E-state index contributed by atoms with van der Waals surface area (Å²) >= 11 is 2.10. The smallest absolute Gasteiger partial charge is 0.00367 e. The summed E-state index contributed by atoms with van der Waals surface area (Å²) in [5, 5.41) is 0. The highest BCUT2D eigenvalue weighted by molar-refractivity contribution is 7.99. The zero-order valence-corrected chi connectivity index (χ0v) is 10.6. The highest BCUT2D eigenvalue weighted by Gasteiger charge is 2.14. The third-order valence-corrected chi connectivity index (χ3v) is 4.34. The molecule has 0 aromatic heterocycles. The van der Waals surface area contributed by atoms with Crippen molar-refractivity contribution in [2.75, 3.05) is 18.1 Å². The van der Waals surface area contributed by atoms with E-state index in [1.54, 1.807) is 0 Å². The van der Waals surface area contributed by atoms with Gasteiger partial charge in [-0.05, 0) is 60.8 Å². The molecule has 1 aromatic rings. The van der Waals surface area contributed by atoms with Crippen LogP contribution in [0.5, 0.6) is 0 Å². The van der Waals surface area contributed by atoms with Crippen molar-refractivity contribution in [2.45, 2.75) is 25.7 Å². The first-order chi connectivity index (χ1) is 7.88. The molecular weight excluding hydrogens is 214 g/mol. The first kappa shape index (κ1) is 12.0. The highest BCUT2D eigenvalue weighted by atomic mass is 32.2. The molecular formula is C14H21NS. The third kappa shape index (κ3) is 3.53. The molecule has 0 unspecified atom stereocenters. The standard InChI is InChI=1S/C14H21NS/c15-7-4-12-2-1-3-14(10-12)11-13-5-8-16-9-6-13/h1-3,10,13H,4-9,11,15H2. The van der Waals surface area contributed by atoms with Gasteiger partial charge in [-0.25, -0.2) is 0 Å². The Bertz CT molecular complexity index is 318. The molecule has 16 heavy (non-hydrogen) atoms. The Balaban J connectivity index is 1.94. The third-order valence-electron chi connectivity index (χ3n) is 3.29. The molecule has 88 valence electrons. The zero-order valence-electron chi connectivity index (χ0n) is 9.82. The van der Waals surface area contributed by atoms with E-state index in [4.69, 9.17) is 5.73 Å². The summed E-state index contributed by atoms with van der Waals surface area (Å²) in [7, 11) is 0. The highest BCUT2D eigenvalue weighted by Crippen LogP contribution is 2.26. The molecule has 0 bridgehead atoms. The van der Waals surface area contributed by atoms with Crippen LogP contribution in [0.2, 0.25) is 0 Å². The van der Waals surface area contributed by atoms with E-state index in [9.17, 15) is 0 Å². The molecule has 0 amide bonds. The monoisotopic (exact) mass is 235 g/mol. The Morgan fingerprint density at radius 3 is 2.69 bits per heavy atom. The fraction of sp³-hybridized carbons (Fsp3) is 0.571. The maximum Gasteiger partial charge on any atom is -0.00367 e. The molecule has 2 heteroatoms. The van der Waals surface area contributed by atoms with Crippen molar-refractivity contribution in [1.82, 2.24) is 0 Å². The van der Waals surface area contributed by atoms with Gasteiger partial charge in [-0.2, -0.15) is 11.8 Å². The summed E-state index contributed by atoms with van der Waals surface area (Å²) in [5.41, 5.74) is 8.49. The van der Waals surface area contributed by atoms with E-state index in [0.717, 1.165) is 18.9 Å². The topological polar surface area (TPSA) is 26.0 Å². The van der Waals surface area contributed by atoms with E-state index in [0.29, 0.717) is 0 Å². The van der Waals surface area contributed by atoms with Gasteiger partial charge >= 0.3 is 0 Å². The van der Waals surface area contributed by atoms with Gasteiger partial charge in [0.2, 0.25) is 0 Å². The Labute approximate surface area is 103 Å². The molecule has 1 nitrogen and oxygen atoms in total. The quantitative estimate of drug-likeness (QED) is 0.868. The molecule has 1 saturated heterocycles. The van der Waals surface area contributed by atoms with Crippen LogP contribution in [0.4, 0.5) is 0 Å². The minimum atomic E-state index is 0.753. The van der Waals surface area contributed by atoms with Crippen molar-refractivity contribution in [2.24, 2.45) is 11.7 Å². The van der Waals surface area contributed by atoms with Crippen LogP contribution in [0.1, 0.15) is 24.0 Å². The minimum absolute atomic E-state index is 0.753. The normalized spacial score (nSPS) is 17.6. The predicted molar refractivity (Wildman–Crippen MR) is 73.0 cm³/mol. The largest absolute Gasteiger partial charge is 0.330 e. The average molecular weight is 235 g/mol. The van der Waals surface area contributed by atoms with E-state index >= 15 is 0 Å².